The molecule has 0 fully saturated rings. The van der Waals surface area contributed by atoms with Crippen molar-refractivity contribution < 1.29 is 19.0 Å². The van der Waals surface area contributed by atoms with Crippen LogP contribution in [0.25, 0.3) is 0 Å². The maximum atomic E-state index is 11.2. The van der Waals surface area contributed by atoms with E-state index in [0.29, 0.717) is 26.4 Å². The predicted molar refractivity (Wildman–Crippen MR) is 70.6 cm³/mol. The van der Waals surface area contributed by atoms with Crippen molar-refractivity contribution in [2.75, 3.05) is 47.1 Å². The monoisotopic (exact) mass is 259 g/mol. The van der Waals surface area contributed by atoms with Crippen molar-refractivity contribution in [1.82, 2.24) is 4.90 Å². The van der Waals surface area contributed by atoms with E-state index in [0.717, 1.165) is 6.54 Å². The molecule has 0 amide bonds. The fourth-order valence-corrected chi connectivity index (χ4v) is 1.52. The van der Waals surface area contributed by atoms with E-state index in [1.807, 2.05) is 0 Å². The molecule has 106 valence electrons. The van der Waals surface area contributed by atoms with Crippen LogP contribution in [0, 0.1) is 0 Å². The van der Waals surface area contributed by atoms with Crippen LogP contribution in [0.3, 0.4) is 0 Å². The molecule has 0 aromatic heterocycles. The van der Waals surface area contributed by atoms with Gasteiger partial charge in [0.25, 0.3) is 0 Å². The summed E-state index contributed by atoms with van der Waals surface area (Å²) >= 11 is 0. The summed E-state index contributed by atoms with van der Waals surface area (Å²) in [5.74, 6) is -0.302. The Morgan fingerprint density at radius 3 is 2.61 bits per heavy atom. The first kappa shape index (κ1) is 17.1. The zero-order valence-corrected chi connectivity index (χ0v) is 11.8. The lowest BCUT2D eigenvalue weighted by Crippen LogP contribution is -2.38. The largest absolute Gasteiger partial charge is 0.463 e. The smallest absolute Gasteiger partial charge is 0.330 e. The van der Waals surface area contributed by atoms with Crippen LogP contribution in [0.2, 0.25) is 0 Å². The molecule has 0 radical (unpaired) electrons. The Morgan fingerprint density at radius 2 is 2.06 bits per heavy atom. The number of rotatable bonds is 10. The molecule has 0 saturated carbocycles. The molecular formula is C13H25NO4. The lowest BCUT2D eigenvalue weighted by molar-refractivity contribution is -0.137. The minimum Gasteiger partial charge on any atom is -0.463 e. The molecular weight excluding hydrogens is 234 g/mol. The van der Waals surface area contributed by atoms with E-state index in [4.69, 9.17) is 14.2 Å². The van der Waals surface area contributed by atoms with Crippen molar-refractivity contribution in [3.05, 3.63) is 12.2 Å². The number of hydrogen-bond acceptors (Lipinski definition) is 5. The summed E-state index contributed by atoms with van der Waals surface area (Å²) in [6.07, 6.45) is 3.27. The molecule has 0 aliphatic heterocycles. The number of carbonyl (C=O) groups is 1. The zero-order chi connectivity index (χ0) is 13.8. The topological polar surface area (TPSA) is 48.0 Å². The summed E-state index contributed by atoms with van der Waals surface area (Å²) in [7, 11) is 3.35. The number of hydrogen-bond donors (Lipinski definition) is 0. The fraction of sp³-hybridized carbons (Fsp3) is 0.769. The highest BCUT2D eigenvalue weighted by Gasteiger charge is 2.11. The summed E-state index contributed by atoms with van der Waals surface area (Å²) in [6.45, 7) is 7.05. The number of ether oxygens (including phenoxy) is 3. The summed E-state index contributed by atoms with van der Waals surface area (Å²) in [5, 5.41) is 0. The third kappa shape index (κ3) is 8.22. The number of carbonyl (C=O) groups excluding carboxylic acids is 1. The van der Waals surface area contributed by atoms with Crippen LogP contribution in [0.4, 0.5) is 0 Å². The maximum Gasteiger partial charge on any atom is 0.330 e. The van der Waals surface area contributed by atoms with E-state index in [1.165, 1.54) is 6.08 Å². The molecule has 0 bridgehead atoms. The number of methoxy groups -OCH3 is 2. The molecule has 0 heterocycles. The minimum atomic E-state index is -0.302. The molecule has 0 rings (SSSR count). The van der Waals surface area contributed by atoms with Gasteiger partial charge in [-0.15, -0.1) is 0 Å². The van der Waals surface area contributed by atoms with Crippen molar-refractivity contribution in [3.8, 4) is 0 Å². The van der Waals surface area contributed by atoms with Gasteiger partial charge >= 0.3 is 5.97 Å². The van der Waals surface area contributed by atoms with Crippen molar-refractivity contribution in [3.63, 3.8) is 0 Å². The molecule has 0 aliphatic carbocycles. The van der Waals surface area contributed by atoms with E-state index in [2.05, 4.69) is 11.8 Å². The summed E-state index contributed by atoms with van der Waals surface area (Å²) in [6, 6.07) is 0.275. The highest BCUT2D eigenvalue weighted by molar-refractivity contribution is 5.81. The Kier molecular flexibility index (Phi) is 10.6. The number of nitrogens with zero attached hydrogens (tertiary/aromatic N) is 1. The highest BCUT2D eigenvalue weighted by Crippen LogP contribution is 2.00. The standard InChI is InChI=1S/C13H25NO4/c1-5-18-13(15)7-6-8-14(9-10-16-3)12(2)11-17-4/h6-7,12H,5,8-11H2,1-4H3/b7-6+. The van der Waals surface area contributed by atoms with Crippen LogP contribution in [0.1, 0.15) is 13.8 Å². The summed E-state index contributed by atoms with van der Waals surface area (Å²) in [4.78, 5) is 13.3. The van der Waals surface area contributed by atoms with Crippen molar-refractivity contribution in [2.24, 2.45) is 0 Å². The molecule has 0 saturated heterocycles. The second-order valence-electron chi connectivity index (χ2n) is 3.95. The van der Waals surface area contributed by atoms with E-state index >= 15 is 0 Å². The van der Waals surface area contributed by atoms with Crippen LogP contribution >= 0.6 is 0 Å². The first-order valence-corrected chi connectivity index (χ1v) is 6.20. The van der Waals surface area contributed by atoms with Gasteiger partial charge < -0.3 is 14.2 Å². The zero-order valence-electron chi connectivity index (χ0n) is 11.8. The van der Waals surface area contributed by atoms with Crippen LogP contribution in [0.5, 0.6) is 0 Å². The van der Waals surface area contributed by atoms with Gasteiger partial charge in [0, 0.05) is 39.4 Å². The lowest BCUT2D eigenvalue weighted by Gasteiger charge is -2.27. The van der Waals surface area contributed by atoms with Gasteiger partial charge in [0.05, 0.1) is 19.8 Å². The van der Waals surface area contributed by atoms with Crippen LogP contribution in [-0.2, 0) is 19.0 Å². The van der Waals surface area contributed by atoms with Gasteiger partial charge in [-0.25, -0.2) is 4.79 Å². The molecule has 0 aliphatic rings. The first-order chi connectivity index (χ1) is 8.65. The van der Waals surface area contributed by atoms with E-state index < -0.39 is 0 Å². The molecule has 5 heteroatoms. The summed E-state index contributed by atoms with van der Waals surface area (Å²) in [5.41, 5.74) is 0. The van der Waals surface area contributed by atoms with E-state index in [1.54, 1.807) is 27.2 Å². The third-order valence-corrected chi connectivity index (χ3v) is 2.49. The molecule has 1 unspecified atom stereocenters. The van der Waals surface area contributed by atoms with E-state index in [-0.39, 0.29) is 12.0 Å². The minimum absolute atomic E-state index is 0.275. The SMILES string of the molecule is CCOC(=O)/C=C/CN(CCOC)C(C)COC. The molecule has 0 N–H and O–H groups in total. The Balaban J connectivity index is 4.17. The van der Waals surface area contributed by atoms with Crippen LogP contribution in [-0.4, -0.2) is 64.0 Å². The fourth-order valence-electron chi connectivity index (χ4n) is 1.52. The van der Waals surface area contributed by atoms with Gasteiger partial charge in [0.1, 0.15) is 0 Å². The highest BCUT2D eigenvalue weighted by atomic mass is 16.5. The molecule has 1 atom stereocenters. The van der Waals surface area contributed by atoms with Crippen molar-refractivity contribution in [1.29, 1.82) is 0 Å². The average Bonchev–Trinajstić information content (AvgIpc) is 2.34. The van der Waals surface area contributed by atoms with Gasteiger partial charge in [-0.1, -0.05) is 6.08 Å². The Bertz CT molecular complexity index is 243. The molecule has 0 spiro atoms. The molecule has 0 aromatic carbocycles. The average molecular weight is 259 g/mol. The van der Waals surface area contributed by atoms with Gasteiger partial charge in [0.15, 0.2) is 0 Å². The van der Waals surface area contributed by atoms with Crippen molar-refractivity contribution in [2.45, 2.75) is 19.9 Å². The van der Waals surface area contributed by atoms with Gasteiger partial charge in [-0.2, -0.15) is 0 Å². The van der Waals surface area contributed by atoms with Gasteiger partial charge in [-0.05, 0) is 13.8 Å². The Hall–Kier alpha value is -0.910. The van der Waals surface area contributed by atoms with Gasteiger partial charge in [0.2, 0.25) is 0 Å². The molecule has 5 nitrogen and oxygen atoms in total. The Morgan fingerprint density at radius 1 is 1.33 bits per heavy atom. The normalized spacial score (nSPS) is 13.2. The van der Waals surface area contributed by atoms with Gasteiger partial charge in [-0.3, -0.25) is 4.90 Å². The van der Waals surface area contributed by atoms with E-state index in [9.17, 15) is 4.79 Å². The second kappa shape index (κ2) is 11.2. The van der Waals surface area contributed by atoms with Crippen LogP contribution in [0.15, 0.2) is 12.2 Å². The quantitative estimate of drug-likeness (QED) is 0.434. The maximum absolute atomic E-state index is 11.2. The summed E-state index contributed by atoms with van der Waals surface area (Å²) < 4.78 is 15.0. The number of esters is 1. The molecule has 18 heavy (non-hydrogen) atoms. The lowest BCUT2D eigenvalue weighted by atomic mass is 10.3. The Labute approximate surface area is 110 Å². The predicted octanol–water partition coefficient (Wildman–Crippen LogP) is 1.09. The molecule has 0 aromatic rings. The van der Waals surface area contributed by atoms with Crippen molar-refractivity contribution >= 4 is 5.97 Å². The third-order valence-electron chi connectivity index (χ3n) is 2.49. The second-order valence-corrected chi connectivity index (χ2v) is 3.95. The van der Waals surface area contributed by atoms with Crippen LogP contribution < -0.4 is 0 Å². The first-order valence-electron chi connectivity index (χ1n) is 6.20.